The molecule has 0 bridgehead atoms. The number of thioether (sulfide) groups is 3. The van der Waals surface area contributed by atoms with Gasteiger partial charge in [0, 0.05) is 46.5 Å². The van der Waals surface area contributed by atoms with E-state index in [0.717, 1.165) is 90.9 Å². The smallest absolute Gasteiger partial charge is 0.432 e. The summed E-state index contributed by atoms with van der Waals surface area (Å²) in [6, 6.07) is 23.7. The van der Waals surface area contributed by atoms with Crippen molar-refractivity contribution in [3.8, 4) is 0 Å². The van der Waals surface area contributed by atoms with E-state index in [0.29, 0.717) is 28.1 Å². The number of carboxylic acids is 1. The van der Waals surface area contributed by atoms with E-state index in [4.69, 9.17) is 45.6 Å². The lowest BCUT2D eigenvalue weighted by Crippen LogP contribution is -2.34. The second-order valence-electron chi connectivity index (χ2n) is 17.7. The Labute approximate surface area is 458 Å². The fourth-order valence-electron chi connectivity index (χ4n) is 7.96. The number of aldehydes is 1. The number of nitrogens with two attached hydrogens (primary N) is 1. The van der Waals surface area contributed by atoms with Crippen LogP contribution < -0.4 is 11.1 Å². The van der Waals surface area contributed by atoms with Crippen molar-refractivity contribution in [2.24, 2.45) is 28.5 Å². The van der Waals surface area contributed by atoms with Crippen LogP contribution in [0.4, 0.5) is 13.2 Å². The molecule has 3 saturated heterocycles. The largest absolute Gasteiger partial charge is 0.476 e. The van der Waals surface area contributed by atoms with Crippen LogP contribution in [0.15, 0.2) is 95.5 Å². The van der Waals surface area contributed by atoms with E-state index >= 15 is 0 Å². The summed E-state index contributed by atoms with van der Waals surface area (Å²) in [6.07, 6.45) is 8.33. The van der Waals surface area contributed by atoms with Gasteiger partial charge in [0.05, 0.1) is 11.6 Å². The van der Waals surface area contributed by atoms with Crippen LogP contribution in [-0.2, 0) is 17.9 Å². The fourth-order valence-corrected chi connectivity index (χ4v) is 12.2. The van der Waals surface area contributed by atoms with Crippen molar-refractivity contribution in [1.29, 1.82) is 0 Å². The third kappa shape index (κ3) is 24.8. The van der Waals surface area contributed by atoms with Crippen molar-refractivity contribution in [1.82, 2.24) is 20.4 Å². The fraction of sp³-hybridized carbons (Fsp3) is 0.500. The number of carbonyl (C=O) groups is 3. The molecule has 402 valence electrons. The molecule has 8 rings (SSSR count). The zero-order chi connectivity index (χ0) is 52.1. The van der Waals surface area contributed by atoms with E-state index < -0.39 is 23.8 Å². The number of aromatic nitrogens is 2. The van der Waals surface area contributed by atoms with Crippen molar-refractivity contribution in [2.45, 2.75) is 91.4 Å². The molecule has 0 aliphatic carbocycles. The Morgan fingerprint density at radius 1 is 0.795 bits per heavy atom. The summed E-state index contributed by atoms with van der Waals surface area (Å²) in [4.78, 5) is 38.4. The molecule has 3 fully saturated rings. The Kier molecular flexibility index (Phi) is 31.2. The van der Waals surface area contributed by atoms with Crippen LogP contribution >= 0.6 is 70.1 Å². The molecular weight excluding hydrogens is 1060 g/mol. The minimum absolute atomic E-state index is 0. The number of nitrogens with zero attached hydrogens (tertiary/aromatic N) is 3. The average Bonchev–Trinajstić information content (AvgIpc) is 4.08. The van der Waals surface area contributed by atoms with E-state index in [9.17, 15) is 27.6 Å². The normalized spacial score (nSPS) is 15.9. The van der Waals surface area contributed by atoms with Gasteiger partial charge in [-0.05, 0) is 172 Å². The Balaban J connectivity index is 0.000000264. The number of amides is 1. The molecule has 3 aromatic carbocycles. The number of H-pyrrole nitrogens is 1. The summed E-state index contributed by atoms with van der Waals surface area (Å²) in [6.45, 7) is 5.18. The lowest BCUT2D eigenvalue weighted by molar-refractivity contribution is -0.127. The SMILES string of the molecule is C.Cc1cc(C(=O)O)n[nH]1.Clc1ccccc1CNCCC1CCSCC1.NCCC1CCSCC1.O=C(C1=CC(C(F)(F)F)=NC1)N(CCC1CCSCC1)Cc1ccccc1Cl.O=Cc1ccccc1Cl. The maximum Gasteiger partial charge on any atom is 0.432 e. The van der Waals surface area contributed by atoms with Crippen LogP contribution in [0.5, 0.6) is 0 Å². The molecule has 4 aliphatic heterocycles. The van der Waals surface area contributed by atoms with Gasteiger partial charge in [0.1, 0.15) is 5.71 Å². The van der Waals surface area contributed by atoms with E-state index in [1.54, 1.807) is 48.2 Å². The standard InChI is InChI=1S/C20H22ClF3N2OS.C14H20ClNS.C7H5ClO.C7H15NS.C5H6N2O2.CH4/c21-17-4-2-1-3-15(17)13-26(8-5-14-6-9-28-10-7-14)19(27)16-11-18(25-12-16)20(22,23)24;15-14-4-2-1-3-13(14)11-16-8-5-12-6-9-17-10-7-12;8-7-4-2-1-3-6(7)5-9;8-4-1-7-2-5-9-6-3-7;1-3-2-4(5(8)9)7-6-3;/h1-4,11,14H,5-10,12-13H2;1-4,12,16H,5-11H2;1-5H;7H,1-6,8H2;2H,1H3,(H,6,7)(H,8,9);1H4. The Morgan fingerprint density at radius 3 is 1.74 bits per heavy atom. The molecule has 0 saturated carbocycles. The van der Waals surface area contributed by atoms with Gasteiger partial charge in [-0.2, -0.15) is 53.6 Å². The van der Waals surface area contributed by atoms with Crippen LogP contribution in [0.2, 0.25) is 15.1 Å². The third-order valence-corrected chi connectivity index (χ3v) is 16.5. The molecule has 4 aromatic rings. The Morgan fingerprint density at radius 2 is 1.30 bits per heavy atom. The Bertz CT molecular complexity index is 2300. The number of aliphatic imine (C=N–C) groups is 1. The number of rotatable bonds is 15. The summed E-state index contributed by atoms with van der Waals surface area (Å²) in [5.41, 5.74) is 7.89. The topological polar surface area (TPSA) is 154 Å². The van der Waals surface area contributed by atoms with Gasteiger partial charge in [-0.1, -0.05) is 96.8 Å². The van der Waals surface area contributed by atoms with Crippen LogP contribution in [0.3, 0.4) is 0 Å². The number of nitrogens with one attached hydrogen (secondary N) is 2. The summed E-state index contributed by atoms with van der Waals surface area (Å²) in [7, 11) is 0. The number of carboxylic acid groups (broad SMARTS) is 1. The summed E-state index contributed by atoms with van der Waals surface area (Å²) in [5.74, 6) is 8.73. The first-order valence-electron chi connectivity index (χ1n) is 24.4. The molecule has 5 heterocycles. The monoisotopic (exact) mass is 1130 g/mol. The molecule has 0 spiro atoms. The molecule has 0 unspecified atom stereocenters. The molecule has 0 atom stereocenters. The van der Waals surface area contributed by atoms with E-state index in [-0.39, 0.29) is 31.8 Å². The second-order valence-corrected chi connectivity index (χ2v) is 22.6. The van der Waals surface area contributed by atoms with Crippen LogP contribution in [0.1, 0.15) is 103 Å². The maximum absolute atomic E-state index is 13.0. The minimum Gasteiger partial charge on any atom is -0.476 e. The molecule has 19 heteroatoms. The zero-order valence-corrected chi connectivity index (χ0v) is 45.5. The molecule has 4 aliphatic rings. The predicted molar refractivity (Wildman–Crippen MR) is 303 cm³/mol. The number of aromatic carboxylic acids is 1. The quantitative estimate of drug-likeness (QED) is 0.0668. The average molecular weight is 1130 g/mol. The highest BCUT2D eigenvalue weighted by Gasteiger charge is 2.38. The highest BCUT2D eigenvalue weighted by molar-refractivity contribution is 7.99. The summed E-state index contributed by atoms with van der Waals surface area (Å²) >= 11 is 24.1. The van der Waals surface area contributed by atoms with Crippen molar-refractivity contribution in [3.63, 3.8) is 0 Å². The lowest BCUT2D eigenvalue weighted by Gasteiger charge is -2.27. The summed E-state index contributed by atoms with van der Waals surface area (Å²) in [5, 5.41) is 19.7. The van der Waals surface area contributed by atoms with Gasteiger partial charge in [0.2, 0.25) is 0 Å². The van der Waals surface area contributed by atoms with Gasteiger partial charge in [0.15, 0.2) is 12.0 Å². The first kappa shape index (κ1) is 63.8. The molecule has 10 nitrogen and oxygen atoms in total. The van der Waals surface area contributed by atoms with Gasteiger partial charge >= 0.3 is 12.1 Å². The molecule has 73 heavy (non-hydrogen) atoms. The number of carbonyl (C=O) groups excluding carboxylic acids is 2. The van der Waals surface area contributed by atoms with Crippen LogP contribution in [0.25, 0.3) is 0 Å². The summed E-state index contributed by atoms with van der Waals surface area (Å²) < 4.78 is 38.6. The van der Waals surface area contributed by atoms with Crippen LogP contribution in [-0.4, -0.2) is 111 Å². The predicted octanol–water partition coefficient (Wildman–Crippen LogP) is 13.8. The van der Waals surface area contributed by atoms with Crippen molar-refractivity contribution in [3.05, 3.63) is 134 Å². The van der Waals surface area contributed by atoms with E-state index in [1.807, 2.05) is 42.1 Å². The third-order valence-electron chi connectivity index (χ3n) is 12.3. The molecule has 5 N–H and O–H groups in total. The molecule has 0 radical (unpaired) electrons. The first-order valence-corrected chi connectivity index (χ1v) is 29.0. The number of alkyl halides is 3. The number of halogens is 6. The number of hydrogen-bond acceptors (Lipinski definition) is 10. The van der Waals surface area contributed by atoms with Gasteiger partial charge < -0.3 is 21.1 Å². The zero-order valence-electron chi connectivity index (χ0n) is 40.8. The molecule has 1 amide bonds. The van der Waals surface area contributed by atoms with E-state index in [1.165, 1.54) is 73.2 Å². The van der Waals surface area contributed by atoms with Gasteiger partial charge in [-0.25, -0.2) is 4.79 Å². The van der Waals surface area contributed by atoms with Crippen molar-refractivity contribution in [2.75, 3.05) is 60.7 Å². The number of benzene rings is 3. The lowest BCUT2D eigenvalue weighted by atomic mass is 9.98. The maximum atomic E-state index is 13.0. The van der Waals surface area contributed by atoms with Crippen molar-refractivity contribution < 1.29 is 32.7 Å². The molecular formula is C54H72Cl3F3N6O4S3. The number of aromatic amines is 1. The first-order chi connectivity index (χ1) is 34.7. The minimum atomic E-state index is -4.53. The van der Waals surface area contributed by atoms with Gasteiger partial charge in [-0.15, -0.1) is 0 Å². The van der Waals surface area contributed by atoms with E-state index in [2.05, 4.69) is 50.1 Å². The number of hydrogen-bond donors (Lipinski definition) is 4. The second kappa shape index (κ2) is 35.7. The van der Waals surface area contributed by atoms with Crippen LogP contribution in [0, 0.1) is 24.7 Å². The van der Waals surface area contributed by atoms with Crippen molar-refractivity contribution >= 4 is 94.0 Å². The highest BCUT2D eigenvalue weighted by atomic mass is 35.5. The number of allylic oxidation sites excluding steroid dienone is 1. The highest BCUT2D eigenvalue weighted by Crippen LogP contribution is 2.29. The Hall–Kier alpha value is -3.48. The number of aryl methyl sites for hydroxylation is 1. The van der Waals surface area contributed by atoms with Gasteiger partial charge in [0.25, 0.3) is 5.91 Å². The van der Waals surface area contributed by atoms with Gasteiger partial charge in [-0.3, -0.25) is 19.7 Å². The molecule has 1 aromatic heterocycles.